The summed E-state index contributed by atoms with van der Waals surface area (Å²) in [5, 5.41) is 18.9. The van der Waals surface area contributed by atoms with Crippen LogP contribution in [0, 0.1) is 5.41 Å². The van der Waals surface area contributed by atoms with Gasteiger partial charge in [0.1, 0.15) is 28.1 Å². The van der Waals surface area contributed by atoms with Gasteiger partial charge >= 0.3 is 0 Å². The lowest BCUT2D eigenvalue weighted by molar-refractivity contribution is 0.0625. The van der Waals surface area contributed by atoms with E-state index in [-0.39, 0.29) is 18.3 Å². The van der Waals surface area contributed by atoms with Crippen LogP contribution in [0.3, 0.4) is 0 Å². The molecule has 0 aliphatic rings. The zero-order valence-corrected chi connectivity index (χ0v) is 27.5. The van der Waals surface area contributed by atoms with Gasteiger partial charge in [-0.25, -0.2) is 17.7 Å². The van der Waals surface area contributed by atoms with Gasteiger partial charge in [0.15, 0.2) is 5.82 Å². The van der Waals surface area contributed by atoms with E-state index >= 15 is 0 Å². The molecule has 0 aliphatic carbocycles. The summed E-state index contributed by atoms with van der Waals surface area (Å²) in [5.74, 6) is 1.49. The van der Waals surface area contributed by atoms with Gasteiger partial charge in [-0.15, -0.1) is 10.2 Å². The Morgan fingerprint density at radius 1 is 0.976 bits per heavy atom. The zero-order chi connectivity index (χ0) is 30.8. The molecule has 0 unspecified atom stereocenters. The molecule has 2 aromatic heterocycles. The highest BCUT2D eigenvalue weighted by Crippen LogP contribution is 2.40. The molecular weight excluding hydrogens is 562 g/mol. The molecular formula is C28H43N5O6SSi. The number of hydrogen-bond acceptors (Lipinski definition) is 9. The molecule has 0 spiro atoms. The third-order valence-corrected chi connectivity index (χ3v) is 10.7. The minimum atomic E-state index is -4.15. The van der Waals surface area contributed by atoms with Gasteiger partial charge in [-0.1, -0.05) is 52.5 Å². The number of sulfonamides is 1. The topological polar surface area (TPSA) is 129 Å². The SMILES string of the molecule is COc1cccc(-c2nnc(N(CC[Si](C)(C)C)S(=O)(=O)[C@@H](C)[C@@H](O)C(C)(C)C)n2-c2c(OC)cccc2OC)n1. The van der Waals surface area contributed by atoms with E-state index in [1.165, 1.54) is 32.6 Å². The second-order valence-corrected chi connectivity index (χ2v) is 20.0. The summed E-state index contributed by atoms with van der Waals surface area (Å²) in [4.78, 5) is 4.55. The number of benzene rings is 1. The second-order valence-electron chi connectivity index (χ2n) is 12.2. The number of nitrogens with zero attached hydrogens (tertiary/aromatic N) is 5. The highest BCUT2D eigenvalue weighted by molar-refractivity contribution is 7.93. The molecule has 0 saturated carbocycles. The van der Waals surface area contributed by atoms with Crippen molar-refractivity contribution in [2.75, 3.05) is 32.2 Å². The Morgan fingerprint density at radius 3 is 2.07 bits per heavy atom. The Balaban J connectivity index is 2.41. The van der Waals surface area contributed by atoms with Crippen LogP contribution in [0.1, 0.15) is 27.7 Å². The number of anilines is 1. The highest BCUT2D eigenvalue weighted by atomic mass is 32.2. The van der Waals surface area contributed by atoms with E-state index in [0.717, 1.165) is 0 Å². The second kappa shape index (κ2) is 12.4. The van der Waals surface area contributed by atoms with E-state index in [0.29, 0.717) is 34.8 Å². The van der Waals surface area contributed by atoms with Crippen molar-refractivity contribution in [1.29, 1.82) is 0 Å². The van der Waals surface area contributed by atoms with Crippen LogP contribution in [0.2, 0.25) is 25.7 Å². The van der Waals surface area contributed by atoms with Gasteiger partial charge in [-0.2, -0.15) is 0 Å². The predicted octanol–water partition coefficient (Wildman–Crippen LogP) is 4.63. The van der Waals surface area contributed by atoms with Gasteiger partial charge in [0.05, 0.1) is 27.4 Å². The first kappa shape index (κ1) is 32.4. The van der Waals surface area contributed by atoms with Crippen LogP contribution in [0.15, 0.2) is 36.4 Å². The fourth-order valence-corrected chi connectivity index (χ4v) is 7.24. The Morgan fingerprint density at radius 2 is 1.56 bits per heavy atom. The number of ether oxygens (including phenoxy) is 3. The quantitative estimate of drug-likeness (QED) is 0.294. The maximum atomic E-state index is 14.4. The van der Waals surface area contributed by atoms with Crippen LogP contribution in [0.4, 0.5) is 5.95 Å². The van der Waals surface area contributed by atoms with Crippen LogP contribution in [0.5, 0.6) is 17.4 Å². The minimum Gasteiger partial charge on any atom is -0.494 e. The molecule has 1 N–H and O–H groups in total. The predicted molar refractivity (Wildman–Crippen MR) is 164 cm³/mol. The number of methoxy groups -OCH3 is 3. The average molecular weight is 606 g/mol. The molecule has 0 amide bonds. The van der Waals surface area contributed by atoms with Crippen molar-refractivity contribution in [3.05, 3.63) is 36.4 Å². The molecule has 3 rings (SSSR count). The number of aromatic nitrogens is 4. The Labute approximate surface area is 244 Å². The molecule has 3 aromatic rings. The lowest BCUT2D eigenvalue weighted by atomic mass is 9.87. The van der Waals surface area contributed by atoms with E-state index in [9.17, 15) is 13.5 Å². The van der Waals surface area contributed by atoms with Crippen LogP contribution < -0.4 is 18.5 Å². The Kier molecular flexibility index (Phi) is 9.76. The standard InChI is InChI=1S/C28H43N5O6SSi/c1-19(25(34)28(2,3)4)40(35,36)32(17-18-41(8,9)10)27-31-30-26(20-13-11-16-23(29-20)39-7)33(27)24-21(37-5)14-12-15-22(24)38-6/h11-16,19,25,34H,17-18H2,1-10H3/t19-,25+/m0/s1. The van der Waals surface area contributed by atoms with E-state index in [2.05, 4.69) is 34.8 Å². The average Bonchev–Trinajstić information content (AvgIpc) is 3.34. The number of hydrogen-bond donors (Lipinski definition) is 1. The van der Waals surface area contributed by atoms with Crippen molar-refractivity contribution < 1.29 is 27.7 Å². The van der Waals surface area contributed by atoms with Crippen molar-refractivity contribution >= 4 is 24.0 Å². The first-order valence-corrected chi connectivity index (χ1v) is 18.7. The van der Waals surface area contributed by atoms with Gasteiger partial charge in [0.25, 0.3) is 0 Å². The van der Waals surface area contributed by atoms with Crippen LogP contribution in [0.25, 0.3) is 17.2 Å². The zero-order valence-electron chi connectivity index (χ0n) is 25.7. The monoisotopic (exact) mass is 605 g/mol. The molecule has 226 valence electrons. The maximum Gasteiger partial charge on any atom is 0.246 e. The Bertz CT molecular complexity index is 1430. The summed E-state index contributed by atoms with van der Waals surface area (Å²) < 4.78 is 48.4. The van der Waals surface area contributed by atoms with Crippen molar-refractivity contribution in [2.24, 2.45) is 5.41 Å². The van der Waals surface area contributed by atoms with Gasteiger partial charge in [-0.3, -0.25) is 4.57 Å². The van der Waals surface area contributed by atoms with E-state index in [4.69, 9.17) is 14.2 Å². The van der Waals surface area contributed by atoms with Crippen molar-refractivity contribution in [3.63, 3.8) is 0 Å². The first-order valence-electron chi connectivity index (χ1n) is 13.4. The molecule has 0 bridgehead atoms. The van der Waals surface area contributed by atoms with Crippen LogP contribution in [-0.2, 0) is 10.0 Å². The fourth-order valence-electron chi connectivity index (χ4n) is 4.36. The molecule has 0 saturated heterocycles. The lowest BCUT2D eigenvalue weighted by Gasteiger charge is -2.35. The normalized spacial score (nSPS) is 13.9. The van der Waals surface area contributed by atoms with Crippen molar-refractivity contribution in [3.8, 4) is 34.6 Å². The Hall–Kier alpha value is -3.16. The molecule has 13 heteroatoms. The van der Waals surface area contributed by atoms with Gasteiger partial charge in [-0.05, 0) is 36.6 Å². The summed E-state index contributed by atoms with van der Waals surface area (Å²) in [7, 11) is -1.34. The number of para-hydroxylation sites is 1. The molecule has 41 heavy (non-hydrogen) atoms. The number of aliphatic hydroxyl groups is 1. The van der Waals surface area contributed by atoms with Crippen LogP contribution >= 0.6 is 0 Å². The fraction of sp³-hybridized carbons (Fsp3) is 0.536. The molecule has 11 nitrogen and oxygen atoms in total. The third-order valence-electron chi connectivity index (χ3n) is 6.83. The molecule has 0 aliphatic heterocycles. The van der Waals surface area contributed by atoms with Crippen molar-refractivity contribution in [1.82, 2.24) is 19.7 Å². The van der Waals surface area contributed by atoms with Gasteiger partial charge in [0, 0.05) is 20.7 Å². The summed E-state index contributed by atoms with van der Waals surface area (Å²) in [5.41, 5.74) is 0.141. The van der Waals surface area contributed by atoms with E-state index < -0.39 is 34.9 Å². The maximum absolute atomic E-state index is 14.4. The largest absolute Gasteiger partial charge is 0.494 e. The van der Waals surface area contributed by atoms with E-state index in [1.54, 1.807) is 41.0 Å². The summed E-state index contributed by atoms with van der Waals surface area (Å²) >= 11 is 0. The minimum absolute atomic E-state index is 0.0404. The van der Waals surface area contributed by atoms with Crippen LogP contribution in [-0.4, -0.2) is 80.6 Å². The summed E-state index contributed by atoms with van der Waals surface area (Å²) in [6.07, 6.45) is -1.14. The number of rotatable bonds is 12. The molecule has 0 radical (unpaired) electrons. The number of aliphatic hydroxyl groups excluding tert-OH is 1. The number of pyridine rings is 1. The van der Waals surface area contributed by atoms with Gasteiger partial charge in [0.2, 0.25) is 21.9 Å². The smallest absolute Gasteiger partial charge is 0.246 e. The van der Waals surface area contributed by atoms with Gasteiger partial charge < -0.3 is 19.3 Å². The van der Waals surface area contributed by atoms with Crippen molar-refractivity contribution in [2.45, 2.75) is 64.7 Å². The molecule has 0 fully saturated rings. The highest BCUT2D eigenvalue weighted by Gasteiger charge is 2.42. The first-order chi connectivity index (χ1) is 19.1. The van der Waals surface area contributed by atoms with E-state index in [1.807, 2.05) is 20.8 Å². The molecule has 1 aromatic carbocycles. The third kappa shape index (κ3) is 7.01. The lowest BCUT2D eigenvalue weighted by Crippen LogP contribution is -2.49. The molecule has 2 atom stereocenters. The molecule has 2 heterocycles. The summed E-state index contributed by atoms with van der Waals surface area (Å²) in [6, 6.07) is 11.1. The summed E-state index contributed by atoms with van der Waals surface area (Å²) in [6.45, 7) is 13.6.